The van der Waals surface area contributed by atoms with Gasteiger partial charge < -0.3 is 4.57 Å². The Balaban J connectivity index is 2.33. The molecule has 5 nitrogen and oxygen atoms in total. The largest absolute Gasteiger partial charge is 0.347 e. The summed E-state index contributed by atoms with van der Waals surface area (Å²) in [5, 5.41) is 15.2. The van der Waals surface area contributed by atoms with E-state index >= 15 is 0 Å². The first-order chi connectivity index (χ1) is 8.29. The minimum atomic E-state index is 0.714. The summed E-state index contributed by atoms with van der Waals surface area (Å²) in [5.41, 5.74) is 3.53. The number of hydrogen-bond donors (Lipinski definition) is 1. The highest BCUT2D eigenvalue weighted by atomic mass is 15.5. The van der Waals surface area contributed by atoms with Crippen molar-refractivity contribution < 1.29 is 0 Å². The number of rotatable bonds is 2. The summed E-state index contributed by atoms with van der Waals surface area (Å²) in [5.74, 6) is 0.714. The molecular weight excluding hydrogens is 214 g/mol. The molecule has 3 rings (SSSR count). The molecule has 0 aliphatic heterocycles. The van der Waals surface area contributed by atoms with E-state index in [0.29, 0.717) is 5.82 Å². The Morgan fingerprint density at radius 1 is 1.35 bits per heavy atom. The summed E-state index contributed by atoms with van der Waals surface area (Å²) >= 11 is 0. The Hall–Kier alpha value is -2.17. The van der Waals surface area contributed by atoms with Crippen molar-refractivity contribution >= 4 is 10.9 Å². The van der Waals surface area contributed by atoms with Crippen molar-refractivity contribution in [3.63, 3.8) is 0 Å². The van der Waals surface area contributed by atoms with Crippen LogP contribution < -0.4 is 0 Å². The molecule has 2 aromatic heterocycles. The SMILES string of the molecule is CCn1cc(-c2nnn[nH]2)c2ccc(C)cc21. The van der Waals surface area contributed by atoms with Crippen LogP contribution in [0.5, 0.6) is 0 Å². The Morgan fingerprint density at radius 3 is 2.94 bits per heavy atom. The van der Waals surface area contributed by atoms with Crippen LogP contribution in [0.15, 0.2) is 24.4 Å². The quantitative estimate of drug-likeness (QED) is 0.729. The number of nitrogens with zero attached hydrogens (tertiary/aromatic N) is 4. The second-order valence-electron chi connectivity index (χ2n) is 4.10. The zero-order valence-corrected chi connectivity index (χ0v) is 9.81. The fourth-order valence-electron chi connectivity index (χ4n) is 2.13. The molecular formula is C12H13N5. The molecule has 86 valence electrons. The van der Waals surface area contributed by atoms with Crippen molar-refractivity contribution in [3.8, 4) is 11.4 Å². The van der Waals surface area contributed by atoms with Gasteiger partial charge in [0.05, 0.1) is 0 Å². The molecule has 1 aromatic carbocycles. The first-order valence-electron chi connectivity index (χ1n) is 5.63. The van der Waals surface area contributed by atoms with E-state index in [1.807, 2.05) is 0 Å². The lowest BCUT2D eigenvalue weighted by Crippen LogP contribution is -1.90. The third kappa shape index (κ3) is 1.51. The van der Waals surface area contributed by atoms with Gasteiger partial charge in [-0.1, -0.05) is 12.1 Å². The summed E-state index contributed by atoms with van der Waals surface area (Å²) in [6.45, 7) is 5.16. The number of aromatic nitrogens is 5. The van der Waals surface area contributed by atoms with E-state index in [9.17, 15) is 0 Å². The Morgan fingerprint density at radius 2 is 2.24 bits per heavy atom. The molecule has 0 aliphatic rings. The van der Waals surface area contributed by atoms with Crippen molar-refractivity contribution in [3.05, 3.63) is 30.0 Å². The third-order valence-corrected chi connectivity index (χ3v) is 2.98. The van der Waals surface area contributed by atoms with Crippen LogP contribution in [0.3, 0.4) is 0 Å². The van der Waals surface area contributed by atoms with E-state index < -0.39 is 0 Å². The highest BCUT2D eigenvalue weighted by Crippen LogP contribution is 2.28. The van der Waals surface area contributed by atoms with Crippen LogP contribution in [0.4, 0.5) is 0 Å². The number of tetrazole rings is 1. The molecule has 0 saturated carbocycles. The zero-order chi connectivity index (χ0) is 11.8. The first-order valence-corrected chi connectivity index (χ1v) is 5.63. The standard InChI is InChI=1S/C12H13N5/c1-3-17-7-10(12-13-15-16-14-12)9-5-4-8(2)6-11(9)17/h4-7H,3H2,1-2H3,(H,13,14,15,16). The summed E-state index contributed by atoms with van der Waals surface area (Å²) in [6.07, 6.45) is 2.09. The van der Waals surface area contributed by atoms with Crippen LogP contribution in [0, 0.1) is 6.92 Å². The Labute approximate surface area is 98.5 Å². The fourth-order valence-corrected chi connectivity index (χ4v) is 2.13. The monoisotopic (exact) mass is 227 g/mol. The highest BCUT2D eigenvalue weighted by Gasteiger charge is 2.12. The number of H-pyrrole nitrogens is 1. The minimum Gasteiger partial charge on any atom is -0.347 e. The smallest absolute Gasteiger partial charge is 0.181 e. The topological polar surface area (TPSA) is 59.4 Å². The molecule has 0 unspecified atom stereocenters. The molecule has 0 radical (unpaired) electrons. The molecule has 0 aliphatic carbocycles. The van der Waals surface area contributed by atoms with Gasteiger partial charge in [0.15, 0.2) is 5.82 Å². The van der Waals surface area contributed by atoms with Gasteiger partial charge in [0.1, 0.15) is 0 Å². The van der Waals surface area contributed by atoms with Gasteiger partial charge in [-0.05, 0) is 35.9 Å². The van der Waals surface area contributed by atoms with Crippen LogP contribution in [0.25, 0.3) is 22.3 Å². The molecule has 3 aromatic rings. The van der Waals surface area contributed by atoms with Gasteiger partial charge in [0, 0.05) is 29.2 Å². The lowest BCUT2D eigenvalue weighted by Gasteiger charge is -2.00. The predicted octanol–water partition coefficient (Wildman–Crippen LogP) is 2.15. The number of hydrogen-bond acceptors (Lipinski definition) is 3. The fraction of sp³-hybridized carbons (Fsp3) is 0.250. The Bertz CT molecular complexity index is 651. The van der Waals surface area contributed by atoms with Gasteiger partial charge in [0.2, 0.25) is 0 Å². The summed E-state index contributed by atoms with van der Waals surface area (Å²) < 4.78 is 2.21. The first kappa shape index (κ1) is 10.0. The molecule has 0 amide bonds. The van der Waals surface area contributed by atoms with E-state index in [-0.39, 0.29) is 0 Å². The third-order valence-electron chi connectivity index (χ3n) is 2.98. The second-order valence-corrected chi connectivity index (χ2v) is 4.10. The molecule has 0 bridgehead atoms. The minimum absolute atomic E-state index is 0.714. The maximum atomic E-state index is 3.98. The maximum absolute atomic E-state index is 3.98. The van der Waals surface area contributed by atoms with Crippen LogP contribution in [0.1, 0.15) is 12.5 Å². The van der Waals surface area contributed by atoms with E-state index in [1.54, 1.807) is 0 Å². The number of aromatic amines is 1. The lowest BCUT2D eigenvalue weighted by molar-refractivity contribution is 0.797. The predicted molar refractivity (Wildman–Crippen MR) is 65.5 cm³/mol. The lowest BCUT2D eigenvalue weighted by atomic mass is 10.1. The molecule has 0 fully saturated rings. The van der Waals surface area contributed by atoms with Crippen molar-refractivity contribution in [2.24, 2.45) is 0 Å². The van der Waals surface area contributed by atoms with E-state index in [0.717, 1.165) is 12.1 Å². The van der Waals surface area contributed by atoms with Gasteiger partial charge in [-0.2, -0.15) is 0 Å². The van der Waals surface area contributed by atoms with E-state index in [2.05, 4.69) is 63.4 Å². The van der Waals surface area contributed by atoms with E-state index in [1.165, 1.54) is 16.5 Å². The average molecular weight is 227 g/mol. The summed E-state index contributed by atoms with van der Waals surface area (Å²) in [7, 11) is 0. The van der Waals surface area contributed by atoms with Gasteiger partial charge in [-0.3, -0.25) is 0 Å². The molecule has 0 atom stereocenters. The molecule has 0 spiro atoms. The van der Waals surface area contributed by atoms with Crippen LogP contribution in [0.2, 0.25) is 0 Å². The molecule has 0 saturated heterocycles. The Kier molecular flexibility index (Phi) is 2.18. The van der Waals surface area contributed by atoms with Gasteiger partial charge in [-0.25, -0.2) is 5.10 Å². The number of nitrogens with one attached hydrogen (secondary N) is 1. The summed E-state index contributed by atoms with van der Waals surface area (Å²) in [4.78, 5) is 0. The van der Waals surface area contributed by atoms with Crippen molar-refractivity contribution in [1.29, 1.82) is 0 Å². The molecule has 2 heterocycles. The zero-order valence-electron chi connectivity index (χ0n) is 9.81. The van der Waals surface area contributed by atoms with E-state index in [4.69, 9.17) is 0 Å². The summed E-state index contributed by atoms with van der Waals surface area (Å²) in [6, 6.07) is 6.41. The number of fused-ring (bicyclic) bond motifs is 1. The van der Waals surface area contributed by atoms with Gasteiger partial charge in [0.25, 0.3) is 0 Å². The van der Waals surface area contributed by atoms with Crippen LogP contribution in [-0.4, -0.2) is 25.2 Å². The number of aryl methyl sites for hydroxylation is 2. The van der Waals surface area contributed by atoms with Crippen molar-refractivity contribution in [2.75, 3.05) is 0 Å². The molecule has 5 heteroatoms. The normalized spacial score (nSPS) is 11.2. The van der Waals surface area contributed by atoms with Crippen molar-refractivity contribution in [1.82, 2.24) is 25.2 Å². The maximum Gasteiger partial charge on any atom is 0.181 e. The van der Waals surface area contributed by atoms with Crippen LogP contribution >= 0.6 is 0 Å². The number of benzene rings is 1. The van der Waals surface area contributed by atoms with Gasteiger partial charge >= 0.3 is 0 Å². The second kappa shape index (κ2) is 3.69. The van der Waals surface area contributed by atoms with Crippen LogP contribution in [-0.2, 0) is 6.54 Å². The molecule has 17 heavy (non-hydrogen) atoms. The van der Waals surface area contributed by atoms with Crippen molar-refractivity contribution in [2.45, 2.75) is 20.4 Å². The average Bonchev–Trinajstić information content (AvgIpc) is 2.94. The highest BCUT2D eigenvalue weighted by molar-refractivity contribution is 5.94. The van der Waals surface area contributed by atoms with Gasteiger partial charge in [-0.15, -0.1) is 5.10 Å². The molecule has 1 N–H and O–H groups in total.